The molecule has 0 N–H and O–H groups in total. The minimum Gasteiger partial charge on any atom is -0.339 e. The molecule has 0 atom stereocenters. The van der Waals surface area contributed by atoms with Crippen molar-refractivity contribution in [2.75, 3.05) is 39.0 Å². The van der Waals surface area contributed by atoms with Crippen molar-refractivity contribution in [3.63, 3.8) is 0 Å². The van der Waals surface area contributed by atoms with E-state index >= 15 is 0 Å². The maximum atomic E-state index is 12.5. The zero-order valence-electron chi connectivity index (χ0n) is 16.1. The third kappa shape index (κ3) is 4.29. The molecule has 1 aliphatic carbocycles. The Bertz CT molecular complexity index is 778. The van der Waals surface area contributed by atoms with E-state index in [0.29, 0.717) is 11.8 Å². The Balaban J connectivity index is 1.43. The molecule has 0 radical (unpaired) electrons. The second-order valence-electron chi connectivity index (χ2n) is 7.71. The van der Waals surface area contributed by atoms with Crippen LogP contribution in [0.5, 0.6) is 0 Å². The van der Waals surface area contributed by atoms with Crippen molar-refractivity contribution in [3.05, 3.63) is 24.2 Å². The Kier molecular flexibility index (Phi) is 5.98. The smallest absolute Gasteiger partial charge is 0.232 e. The lowest BCUT2D eigenvalue weighted by Crippen LogP contribution is -2.47. The first-order valence-corrected chi connectivity index (χ1v) is 11.2. The molecule has 4 rings (SSSR count). The summed E-state index contributed by atoms with van der Waals surface area (Å²) in [5.41, 5.74) is 1.98. The standard InChI is InChI=1S/C20H29N5OS/c1-23-10-12-24(13-11-23)19(26)15-27-14-18-22-17-8-5-9-21-20(17)25(18)16-6-3-2-4-7-16/h5,8-9,16H,2-4,6-7,10-15H2,1H3. The van der Waals surface area contributed by atoms with Gasteiger partial charge in [-0.1, -0.05) is 19.3 Å². The second kappa shape index (κ2) is 8.61. The van der Waals surface area contributed by atoms with Crippen molar-refractivity contribution in [1.82, 2.24) is 24.3 Å². The van der Waals surface area contributed by atoms with Crippen LogP contribution in [0.2, 0.25) is 0 Å². The monoisotopic (exact) mass is 387 g/mol. The molecular formula is C20H29N5OS. The predicted molar refractivity (Wildman–Crippen MR) is 110 cm³/mol. The molecule has 146 valence electrons. The van der Waals surface area contributed by atoms with Gasteiger partial charge in [0.05, 0.1) is 11.5 Å². The molecule has 7 heteroatoms. The summed E-state index contributed by atoms with van der Waals surface area (Å²) in [4.78, 5) is 26.2. The van der Waals surface area contributed by atoms with Gasteiger partial charge in [0.25, 0.3) is 0 Å². The Labute approximate surface area is 165 Å². The first-order chi connectivity index (χ1) is 13.2. The van der Waals surface area contributed by atoms with E-state index in [1.165, 1.54) is 32.1 Å². The van der Waals surface area contributed by atoms with Gasteiger partial charge >= 0.3 is 0 Å². The average molecular weight is 388 g/mol. The molecule has 2 aromatic heterocycles. The highest BCUT2D eigenvalue weighted by atomic mass is 32.2. The van der Waals surface area contributed by atoms with Crippen molar-refractivity contribution < 1.29 is 4.79 Å². The molecular weight excluding hydrogens is 358 g/mol. The number of amides is 1. The Morgan fingerprint density at radius 2 is 1.96 bits per heavy atom. The summed E-state index contributed by atoms with van der Waals surface area (Å²) < 4.78 is 2.36. The molecule has 2 fully saturated rings. The molecule has 27 heavy (non-hydrogen) atoms. The number of hydrogen-bond acceptors (Lipinski definition) is 5. The van der Waals surface area contributed by atoms with Crippen LogP contribution in [0.15, 0.2) is 18.3 Å². The van der Waals surface area contributed by atoms with E-state index < -0.39 is 0 Å². The van der Waals surface area contributed by atoms with E-state index in [-0.39, 0.29) is 5.91 Å². The highest BCUT2D eigenvalue weighted by molar-refractivity contribution is 7.99. The second-order valence-corrected chi connectivity index (χ2v) is 8.70. The van der Waals surface area contributed by atoms with Crippen LogP contribution in [0.4, 0.5) is 0 Å². The van der Waals surface area contributed by atoms with E-state index in [4.69, 9.17) is 4.98 Å². The number of hydrogen-bond donors (Lipinski definition) is 0. The Morgan fingerprint density at radius 1 is 1.19 bits per heavy atom. The van der Waals surface area contributed by atoms with Gasteiger partial charge in [-0.15, -0.1) is 11.8 Å². The number of rotatable bonds is 5. The fourth-order valence-corrected chi connectivity index (χ4v) is 5.02. The van der Waals surface area contributed by atoms with E-state index in [1.54, 1.807) is 11.8 Å². The molecule has 1 aliphatic heterocycles. The van der Waals surface area contributed by atoms with Crippen LogP contribution >= 0.6 is 11.8 Å². The molecule has 3 heterocycles. The maximum absolute atomic E-state index is 12.5. The van der Waals surface area contributed by atoms with Crippen LogP contribution in [0.25, 0.3) is 11.2 Å². The lowest BCUT2D eigenvalue weighted by Gasteiger charge is -2.32. The fraction of sp³-hybridized carbons (Fsp3) is 0.650. The quantitative estimate of drug-likeness (QED) is 0.790. The van der Waals surface area contributed by atoms with Crippen molar-refractivity contribution in [3.8, 4) is 0 Å². The molecule has 1 amide bonds. The van der Waals surface area contributed by atoms with E-state index in [0.717, 1.165) is 48.9 Å². The third-order valence-corrected chi connectivity index (χ3v) is 6.69. The SMILES string of the molecule is CN1CCN(C(=O)CSCc2nc3cccnc3n2C2CCCCC2)CC1. The number of carbonyl (C=O) groups excluding carboxylic acids is 1. The van der Waals surface area contributed by atoms with Gasteiger partial charge in [-0.3, -0.25) is 4.79 Å². The molecule has 6 nitrogen and oxygen atoms in total. The minimum absolute atomic E-state index is 0.256. The third-order valence-electron chi connectivity index (χ3n) is 5.77. The number of fused-ring (bicyclic) bond motifs is 1. The van der Waals surface area contributed by atoms with Crippen LogP contribution < -0.4 is 0 Å². The van der Waals surface area contributed by atoms with Gasteiger partial charge in [0.15, 0.2) is 5.65 Å². The van der Waals surface area contributed by atoms with Crippen molar-refractivity contribution in [2.45, 2.75) is 43.9 Å². The molecule has 0 spiro atoms. The highest BCUT2D eigenvalue weighted by Gasteiger charge is 2.23. The number of imidazole rings is 1. The number of aromatic nitrogens is 3. The summed E-state index contributed by atoms with van der Waals surface area (Å²) in [7, 11) is 2.11. The first kappa shape index (κ1) is 18.7. The van der Waals surface area contributed by atoms with Gasteiger partial charge in [0.1, 0.15) is 11.3 Å². The molecule has 0 bridgehead atoms. The van der Waals surface area contributed by atoms with Gasteiger partial charge in [-0.2, -0.15) is 0 Å². The van der Waals surface area contributed by atoms with Gasteiger partial charge in [0, 0.05) is 38.4 Å². The zero-order valence-corrected chi connectivity index (χ0v) is 17.0. The van der Waals surface area contributed by atoms with Crippen molar-refractivity contribution in [2.24, 2.45) is 0 Å². The summed E-state index contributed by atoms with van der Waals surface area (Å²) in [5, 5.41) is 0. The van der Waals surface area contributed by atoms with Crippen LogP contribution in [-0.4, -0.2) is 69.2 Å². The summed E-state index contributed by atoms with van der Waals surface area (Å²) in [6, 6.07) is 4.50. The maximum Gasteiger partial charge on any atom is 0.232 e. The zero-order chi connectivity index (χ0) is 18.6. The lowest BCUT2D eigenvalue weighted by atomic mass is 9.95. The topological polar surface area (TPSA) is 54.3 Å². The highest BCUT2D eigenvalue weighted by Crippen LogP contribution is 2.32. The minimum atomic E-state index is 0.256. The summed E-state index contributed by atoms with van der Waals surface area (Å²) >= 11 is 1.69. The van der Waals surface area contributed by atoms with Crippen LogP contribution in [0, 0.1) is 0 Å². The van der Waals surface area contributed by atoms with Crippen LogP contribution in [-0.2, 0) is 10.5 Å². The summed E-state index contributed by atoms with van der Waals surface area (Å²) in [6.07, 6.45) is 8.18. The average Bonchev–Trinajstić information content (AvgIpc) is 3.07. The summed E-state index contributed by atoms with van der Waals surface area (Å²) in [6.45, 7) is 3.64. The van der Waals surface area contributed by atoms with E-state index in [1.807, 2.05) is 23.2 Å². The normalized spacial score (nSPS) is 19.7. The fourth-order valence-electron chi connectivity index (χ4n) is 4.18. The predicted octanol–water partition coefficient (Wildman–Crippen LogP) is 2.94. The molecule has 1 saturated heterocycles. The largest absolute Gasteiger partial charge is 0.339 e. The Hall–Kier alpha value is -1.60. The number of carbonyl (C=O) groups is 1. The van der Waals surface area contributed by atoms with Gasteiger partial charge < -0.3 is 14.4 Å². The first-order valence-electron chi connectivity index (χ1n) is 10.1. The number of thioether (sulfide) groups is 1. The Morgan fingerprint density at radius 3 is 2.74 bits per heavy atom. The lowest BCUT2D eigenvalue weighted by molar-refractivity contribution is -0.129. The molecule has 2 aliphatic rings. The molecule has 0 unspecified atom stereocenters. The van der Waals surface area contributed by atoms with Crippen molar-refractivity contribution in [1.29, 1.82) is 0 Å². The van der Waals surface area contributed by atoms with Gasteiger partial charge in [0.2, 0.25) is 5.91 Å². The molecule has 1 saturated carbocycles. The molecule has 0 aromatic carbocycles. The number of nitrogens with zero attached hydrogens (tertiary/aromatic N) is 5. The van der Waals surface area contributed by atoms with Gasteiger partial charge in [-0.05, 0) is 32.0 Å². The van der Waals surface area contributed by atoms with Crippen LogP contribution in [0.1, 0.15) is 44.0 Å². The number of likely N-dealkylation sites (N-methyl/N-ethyl adjacent to an activating group) is 1. The number of pyridine rings is 1. The van der Waals surface area contributed by atoms with Crippen LogP contribution in [0.3, 0.4) is 0 Å². The van der Waals surface area contributed by atoms with Gasteiger partial charge in [-0.25, -0.2) is 9.97 Å². The van der Waals surface area contributed by atoms with E-state index in [9.17, 15) is 4.79 Å². The van der Waals surface area contributed by atoms with Crippen molar-refractivity contribution >= 4 is 28.8 Å². The number of piperazine rings is 1. The summed E-state index contributed by atoms with van der Waals surface area (Å²) in [5.74, 6) is 2.63. The van der Waals surface area contributed by atoms with E-state index in [2.05, 4.69) is 21.5 Å². The molecule has 2 aromatic rings.